The molecule has 0 fully saturated rings. The van der Waals surface area contributed by atoms with Gasteiger partial charge in [-0.1, -0.05) is 12.5 Å². The van der Waals surface area contributed by atoms with Crippen LogP contribution in [0.2, 0.25) is 0 Å². The van der Waals surface area contributed by atoms with Gasteiger partial charge in [-0.15, -0.1) is 0 Å². The van der Waals surface area contributed by atoms with Crippen LogP contribution in [-0.4, -0.2) is 46.6 Å². The Balaban J connectivity index is 4.28. The summed E-state index contributed by atoms with van der Waals surface area (Å²) in [5.41, 5.74) is -0.0876. The molecule has 0 atom stereocenters. The predicted octanol–water partition coefficient (Wildman–Crippen LogP) is -0.260. The fourth-order valence-electron chi connectivity index (χ4n) is 1.10. The first-order valence-electron chi connectivity index (χ1n) is 4.86. The van der Waals surface area contributed by atoms with Gasteiger partial charge in [-0.3, -0.25) is 0 Å². The summed E-state index contributed by atoms with van der Waals surface area (Å²) < 4.78 is 0. The lowest BCUT2D eigenvalue weighted by atomic mass is 9.98. The number of rotatable bonds is 7. The lowest BCUT2D eigenvalue weighted by molar-refractivity contribution is -0.131. The van der Waals surface area contributed by atoms with Gasteiger partial charge in [0.2, 0.25) is 0 Å². The molecular formula is C10H19NO4. The van der Waals surface area contributed by atoms with Gasteiger partial charge in [0.15, 0.2) is 0 Å². The number of hydrogen-bond donors (Lipinski definition) is 4. The first-order valence-corrected chi connectivity index (χ1v) is 4.86. The van der Waals surface area contributed by atoms with Gasteiger partial charge in [0.05, 0.1) is 18.8 Å². The highest BCUT2D eigenvalue weighted by Gasteiger charge is 2.25. The Bertz CT molecular complexity index is 225. The predicted molar refractivity (Wildman–Crippen MR) is 56.6 cm³/mol. The third kappa shape index (κ3) is 4.92. The molecule has 0 saturated carbocycles. The second-order valence-corrected chi connectivity index (χ2v) is 3.63. The quantitative estimate of drug-likeness (QED) is 0.441. The van der Waals surface area contributed by atoms with E-state index in [1.54, 1.807) is 6.92 Å². The van der Waals surface area contributed by atoms with E-state index in [1.165, 1.54) is 0 Å². The number of carboxylic acids is 1. The molecule has 0 bridgehead atoms. The van der Waals surface area contributed by atoms with Crippen LogP contribution in [0.5, 0.6) is 0 Å². The summed E-state index contributed by atoms with van der Waals surface area (Å²) in [5.74, 6) is -0.996. The van der Waals surface area contributed by atoms with E-state index in [2.05, 4.69) is 5.32 Å². The van der Waals surface area contributed by atoms with Crippen LogP contribution in [0.4, 0.5) is 0 Å². The molecule has 0 aromatic carbocycles. The second kappa shape index (κ2) is 6.55. The summed E-state index contributed by atoms with van der Waals surface area (Å²) in [4.78, 5) is 10.3. The zero-order chi connectivity index (χ0) is 11.9. The van der Waals surface area contributed by atoms with E-state index in [-0.39, 0.29) is 13.2 Å². The Morgan fingerprint density at radius 1 is 1.40 bits per heavy atom. The number of carbonyl (C=O) groups is 1. The summed E-state index contributed by atoms with van der Waals surface area (Å²) in [7, 11) is 0. The van der Waals surface area contributed by atoms with Crippen LogP contribution in [-0.2, 0) is 4.79 Å². The molecule has 5 heteroatoms. The number of aliphatic hydroxyl groups is 2. The number of aliphatic hydroxyl groups excluding tert-OH is 2. The highest BCUT2D eigenvalue weighted by molar-refractivity contribution is 5.80. The summed E-state index contributed by atoms with van der Waals surface area (Å²) in [6.45, 7) is 3.49. The van der Waals surface area contributed by atoms with Gasteiger partial charge in [0.25, 0.3) is 0 Å². The third-order valence-corrected chi connectivity index (χ3v) is 2.39. The van der Waals surface area contributed by atoms with Crippen molar-refractivity contribution in [1.29, 1.82) is 0 Å². The zero-order valence-corrected chi connectivity index (χ0v) is 9.16. The molecule has 0 amide bonds. The van der Waals surface area contributed by atoms with Gasteiger partial charge >= 0.3 is 5.97 Å². The van der Waals surface area contributed by atoms with Crippen molar-refractivity contribution in [2.45, 2.75) is 25.8 Å². The summed E-state index contributed by atoms with van der Waals surface area (Å²) in [5, 5.41) is 29.7. The number of nitrogens with one attached hydrogen (secondary N) is 1. The van der Waals surface area contributed by atoms with Crippen LogP contribution in [0.1, 0.15) is 20.3 Å². The van der Waals surface area contributed by atoms with Gasteiger partial charge in [-0.2, -0.15) is 0 Å². The molecule has 0 aliphatic carbocycles. The van der Waals surface area contributed by atoms with Crippen molar-refractivity contribution in [3.8, 4) is 0 Å². The Kier molecular flexibility index (Phi) is 6.15. The third-order valence-electron chi connectivity index (χ3n) is 2.39. The molecule has 0 radical (unpaired) electrons. The van der Waals surface area contributed by atoms with Crippen LogP contribution in [0, 0.1) is 0 Å². The van der Waals surface area contributed by atoms with Crippen LogP contribution < -0.4 is 5.32 Å². The van der Waals surface area contributed by atoms with Crippen molar-refractivity contribution in [2.24, 2.45) is 0 Å². The number of carboxylic acid groups (broad SMARTS) is 1. The summed E-state index contributed by atoms with van der Waals surface area (Å²) in [6.07, 6.45) is 1.67. The molecule has 0 spiro atoms. The van der Waals surface area contributed by atoms with Crippen LogP contribution in [0.3, 0.4) is 0 Å². The standard InChI is InChI=1S/C10H19NO4/c1-3-10(6-12,7-13)11-5-8(2)4-9(14)15/h4,11-13H,3,5-7H2,1-2H3,(H,14,15). The Morgan fingerprint density at radius 3 is 2.27 bits per heavy atom. The molecule has 0 aromatic heterocycles. The van der Waals surface area contributed by atoms with Crippen molar-refractivity contribution < 1.29 is 20.1 Å². The van der Waals surface area contributed by atoms with E-state index in [4.69, 9.17) is 15.3 Å². The lowest BCUT2D eigenvalue weighted by Crippen LogP contribution is -2.51. The maximum Gasteiger partial charge on any atom is 0.328 e. The highest BCUT2D eigenvalue weighted by atomic mass is 16.4. The van der Waals surface area contributed by atoms with E-state index in [9.17, 15) is 4.79 Å². The average molecular weight is 217 g/mol. The molecule has 0 saturated heterocycles. The zero-order valence-electron chi connectivity index (χ0n) is 9.16. The van der Waals surface area contributed by atoms with E-state index in [1.807, 2.05) is 6.92 Å². The first kappa shape index (κ1) is 14.1. The van der Waals surface area contributed by atoms with Crippen molar-refractivity contribution in [3.63, 3.8) is 0 Å². The molecule has 88 valence electrons. The maximum absolute atomic E-state index is 10.3. The molecule has 15 heavy (non-hydrogen) atoms. The van der Waals surface area contributed by atoms with E-state index in [0.29, 0.717) is 18.5 Å². The monoisotopic (exact) mass is 217 g/mol. The minimum absolute atomic E-state index is 0.180. The van der Waals surface area contributed by atoms with E-state index in [0.717, 1.165) is 6.08 Å². The van der Waals surface area contributed by atoms with Gasteiger partial charge in [-0.05, 0) is 13.3 Å². The highest BCUT2D eigenvalue weighted by Crippen LogP contribution is 2.08. The molecule has 0 rings (SSSR count). The SMILES string of the molecule is CCC(CO)(CO)NCC(C)=CC(=O)O. The summed E-state index contributed by atoms with van der Waals surface area (Å²) >= 11 is 0. The molecule has 0 unspecified atom stereocenters. The minimum Gasteiger partial charge on any atom is -0.478 e. The molecule has 0 heterocycles. The average Bonchev–Trinajstić information content (AvgIpc) is 2.20. The minimum atomic E-state index is -0.996. The van der Waals surface area contributed by atoms with Gasteiger partial charge in [-0.25, -0.2) is 4.79 Å². The Labute approximate surface area is 89.4 Å². The smallest absolute Gasteiger partial charge is 0.328 e. The Morgan fingerprint density at radius 2 is 1.93 bits per heavy atom. The molecule has 4 N–H and O–H groups in total. The van der Waals surface area contributed by atoms with Gasteiger partial charge < -0.3 is 20.6 Å². The molecule has 0 aliphatic heterocycles. The van der Waals surface area contributed by atoms with E-state index >= 15 is 0 Å². The van der Waals surface area contributed by atoms with Crippen LogP contribution in [0.15, 0.2) is 11.6 Å². The van der Waals surface area contributed by atoms with Crippen LogP contribution in [0.25, 0.3) is 0 Å². The molecular weight excluding hydrogens is 198 g/mol. The lowest BCUT2D eigenvalue weighted by Gasteiger charge is -2.30. The van der Waals surface area contributed by atoms with Gasteiger partial charge in [0.1, 0.15) is 0 Å². The molecule has 0 aliphatic rings. The van der Waals surface area contributed by atoms with Crippen molar-refractivity contribution >= 4 is 5.97 Å². The fourth-order valence-corrected chi connectivity index (χ4v) is 1.10. The van der Waals surface area contributed by atoms with Crippen molar-refractivity contribution in [3.05, 3.63) is 11.6 Å². The summed E-state index contributed by atoms with van der Waals surface area (Å²) in [6, 6.07) is 0. The fraction of sp³-hybridized carbons (Fsp3) is 0.700. The number of hydrogen-bond acceptors (Lipinski definition) is 4. The first-order chi connectivity index (χ1) is 6.99. The molecule has 5 nitrogen and oxygen atoms in total. The topological polar surface area (TPSA) is 89.8 Å². The maximum atomic E-state index is 10.3. The van der Waals surface area contributed by atoms with Crippen molar-refractivity contribution in [2.75, 3.05) is 19.8 Å². The second-order valence-electron chi connectivity index (χ2n) is 3.63. The Hall–Kier alpha value is -0.910. The van der Waals surface area contributed by atoms with Crippen LogP contribution >= 0.6 is 0 Å². The number of aliphatic carboxylic acids is 1. The van der Waals surface area contributed by atoms with E-state index < -0.39 is 11.5 Å². The largest absolute Gasteiger partial charge is 0.478 e. The normalized spacial score (nSPS) is 12.9. The van der Waals surface area contributed by atoms with Crippen molar-refractivity contribution in [1.82, 2.24) is 5.32 Å². The van der Waals surface area contributed by atoms with Gasteiger partial charge in [0, 0.05) is 12.6 Å². The molecule has 0 aromatic rings.